The predicted octanol–water partition coefficient (Wildman–Crippen LogP) is 4.88. The zero-order valence-electron chi connectivity index (χ0n) is 10.2. The van der Waals surface area contributed by atoms with Gasteiger partial charge in [-0.2, -0.15) is 0 Å². The summed E-state index contributed by atoms with van der Waals surface area (Å²) in [5, 5.41) is 0. The van der Waals surface area contributed by atoms with Crippen molar-refractivity contribution in [1.29, 1.82) is 0 Å². The molecule has 0 aliphatic carbocycles. The highest BCUT2D eigenvalue weighted by Gasteiger charge is 2.23. The van der Waals surface area contributed by atoms with Crippen LogP contribution in [-0.4, -0.2) is 5.92 Å². The van der Waals surface area contributed by atoms with Crippen molar-refractivity contribution in [1.82, 2.24) is 0 Å². The maximum absolute atomic E-state index is 12.5. The lowest BCUT2D eigenvalue weighted by Gasteiger charge is -2.29. The van der Waals surface area contributed by atoms with Crippen LogP contribution in [0.3, 0.4) is 0 Å². The second-order valence-corrected chi connectivity index (χ2v) is 5.42. The van der Waals surface area contributed by atoms with Crippen molar-refractivity contribution in [2.24, 2.45) is 11.3 Å². The standard InChI is InChI=1S/C12H24F2/c1-10(2)11(3,4)8-6-7-9-12(5,13)14/h10H,6-9H2,1-5H3. The predicted molar refractivity (Wildman–Crippen MR) is 57.7 cm³/mol. The SMILES string of the molecule is CC(C)C(C)(C)CCCCC(C)(F)F. The van der Waals surface area contributed by atoms with Crippen LogP contribution in [0.2, 0.25) is 0 Å². The van der Waals surface area contributed by atoms with E-state index in [1.54, 1.807) is 0 Å². The Bertz CT molecular complexity index is 154. The van der Waals surface area contributed by atoms with Gasteiger partial charge in [0.05, 0.1) is 0 Å². The van der Waals surface area contributed by atoms with Crippen molar-refractivity contribution >= 4 is 0 Å². The van der Waals surface area contributed by atoms with E-state index in [1.807, 2.05) is 0 Å². The van der Waals surface area contributed by atoms with Crippen LogP contribution in [0.1, 0.15) is 60.3 Å². The topological polar surface area (TPSA) is 0 Å². The smallest absolute Gasteiger partial charge is 0.207 e. The fourth-order valence-corrected chi connectivity index (χ4v) is 1.30. The Kier molecular flexibility index (Phi) is 5.03. The Morgan fingerprint density at radius 1 is 0.929 bits per heavy atom. The number of halogens is 2. The molecule has 0 bridgehead atoms. The average molecular weight is 206 g/mol. The summed E-state index contributed by atoms with van der Waals surface area (Å²) in [6.07, 6.45) is 2.62. The second kappa shape index (κ2) is 5.09. The van der Waals surface area contributed by atoms with E-state index in [-0.39, 0.29) is 11.8 Å². The van der Waals surface area contributed by atoms with Crippen LogP contribution in [-0.2, 0) is 0 Å². The highest BCUT2D eigenvalue weighted by atomic mass is 19.3. The molecule has 0 aromatic carbocycles. The van der Waals surface area contributed by atoms with Crippen LogP contribution in [0.25, 0.3) is 0 Å². The van der Waals surface area contributed by atoms with Gasteiger partial charge in [0.25, 0.3) is 0 Å². The first-order chi connectivity index (χ1) is 6.15. The van der Waals surface area contributed by atoms with E-state index in [2.05, 4.69) is 27.7 Å². The zero-order chi connectivity index (χ0) is 11.4. The van der Waals surface area contributed by atoms with E-state index in [1.165, 1.54) is 0 Å². The maximum Gasteiger partial charge on any atom is 0.245 e. The van der Waals surface area contributed by atoms with Gasteiger partial charge in [0.1, 0.15) is 0 Å². The molecule has 86 valence electrons. The molecule has 0 unspecified atom stereocenters. The molecule has 0 nitrogen and oxygen atoms in total. The van der Waals surface area contributed by atoms with Crippen LogP contribution >= 0.6 is 0 Å². The van der Waals surface area contributed by atoms with E-state index < -0.39 is 5.92 Å². The third kappa shape index (κ3) is 6.33. The molecule has 0 rings (SSSR count). The van der Waals surface area contributed by atoms with Crippen LogP contribution in [0.5, 0.6) is 0 Å². The Balaban J connectivity index is 3.65. The Labute approximate surface area is 87.1 Å². The monoisotopic (exact) mass is 206 g/mol. The largest absolute Gasteiger partial charge is 0.245 e. The summed E-state index contributed by atoms with van der Waals surface area (Å²) in [5.41, 5.74) is 0.281. The summed E-state index contributed by atoms with van der Waals surface area (Å²) in [4.78, 5) is 0. The normalized spacial score (nSPS) is 13.7. The fraction of sp³-hybridized carbons (Fsp3) is 1.00. The lowest BCUT2D eigenvalue weighted by Crippen LogP contribution is -2.19. The van der Waals surface area contributed by atoms with Gasteiger partial charge in [0.2, 0.25) is 5.92 Å². The molecule has 0 aliphatic heterocycles. The minimum Gasteiger partial charge on any atom is -0.207 e. The second-order valence-electron chi connectivity index (χ2n) is 5.42. The Hall–Kier alpha value is -0.140. The molecule has 0 fully saturated rings. The number of hydrogen-bond donors (Lipinski definition) is 0. The van der Waals surface area contributed by atoms with Gasteiger partial charge >= 0.3 is 0 Å². The summed E-state index contributed by atoms with van der Waals surface area (Å²) in [6, 6.07) is 0. The quantitative estimate of drug-likeness (QED) is 0.543. The Morgan fingerprint density at radius 3 is 1.71 bits per heavy atom. The summed E-state index contributed by atoms with van der Waals surface area (Å²) in [7, 11) is 0. The van der Waals surface area contributed by atoms with E-state index in [9.17, 15) is 8.78 Å². The summed E-state index contributed by atoms with van der Waals surface area (Å²) >= 11 is 0. The molecule has 0 amide bonds. The third-order valence-electron chi connectivity index (χ3n) is 3.25. The molecule has 0 heterocycles. The van der Waals surface area contributed by atoms with Crippen LogP contribution in [0.15, 0.2) is 0 Å². The van der Waals surface area contributed by atoms with Crippen molar-refractivity contribution in [2.75, 3.05) is 0 Å². The van der Waals surface area contributed by atoms with E-state index in [0.29, 0.717) is 12.3 Å². The van der Waals surface area contributed by atoms with Gasteiger partial charge in [-0.15, -0.1) is 0 Å². The number of alkyl halides is 2. The highest BCUT2D eigenvalue weighted by Crippen LogP contribution is 2.32. The van der Waals surface area contributed by atoms with E-state index >= 15 is 0 Å². The molecule has 0 spiro atoms. The molecule has 0 aromatic heterocycles. The molecule has 2 heteroatoms. The number of rotatable bonds is 6. The van der Waals surface area contributed by atoms with Crippen molar-refractivity contribution < 1.29 is 8.78 Å². The van der Waals surface area contributed by atoms with E-state index in [0.717, 1.165) is 19.8 Å². The van der Waals surface area contributed by atoms with Crippen molar-refractivity contribution in [3.63, 3.8) is 0 Å². The first-order valence-electron chi connectivity index (χ1n) is 5.53. The van der Waals surface area contributed by atoms with Gasteiger partial charge in [-0.1, -0.05) is 34.1 Å². The first kappa shape index (κ1) is 13.9. The van der Waals surface area contributed by atoms with Crippen molar-refractivity contribution in [3.8, 4) is 0 Å². The zero-order valence-corrected chi connectivity index (χ0v) is 10.2. The minimum atomic E-state index is -2.48. The van der Waals surface area contributed by atoms with Crippen molar-refractivity contribution in [2.45, 2.75) is 66.2 Å². The maximum atomic E-state index is 12.5. The fourth-order valence-electron chi connectivity index (χ4n) is 1.30. The molecule has 0 atom stereocenters. The molecule has 0 N–H and O–H groups in total. The molecule has 0 radical (unpaired) electrons. The van der Waals surface area contributed by atoms with Gasteiger partial charge < -0.3 is 0 Å². The van der Waals surface area contributed by atoms with Gasteiger partial charge in [0.15, 0.2) is 0 Å². The van der Waals surface area contributed by atoms with Crippen LogP contribution in [0.4, 0.5) is 8.78 Å². The Morgan fingerprint density at radius 2 is 1.36 bits per heavy atom. The molecule has 0 saturated carbocycles. The minimum absolute atomic E-state index is 0.0289. The molecule has 14 heavy (non-hydrogen) atoms. The third-order valence-corrected chi connectivity index (χ3v) is 3.25. The van der Waals surface area contributed by atoms with Gasteiger partial charge in [-0.05, 0) is 31.1 Å². The first-order valence-corrected chi connectivity index (χ1v) is 5.53. The van der Waals surface area contributed by atoms with Gasteiger partial charge in [0, 0.05) is 6.42 Å². The van der Waals surface area contributed by atoms with Crippen LogP contribution in [0, 0.1) is 11.3 Å². The number of unbranched alkanes of at least 4 members (excludes halogenated alkanes) is 1. The summed E-state index contributed by atoms with van der Waals surface area (Å²) in [5.74, 6) is -1.87. The highest BCUT2D eigenvalue weighted by molar-refractivity contribution is 4.72. The van der Waals surface area contributed by atoms with Crippen LogP contribution < -0.4 is 0 Å². The molecule has 0 saturated heterocycles. The summed E-state index contributed by atoms with van der Waals surface area (Å²) in [6.45, 7) is 9.80. The van der Waals surface area contributed by atoms with Crippen molar-refractivity contribution in [3.05, 3.63) is 0 Å². The van der Waals surface area contributed by atoms with Gasteiger partial charge in [-0.25, -0.2) is 8.78 Å². The lowest BCUT2D eigenvalue weighted by molar-refractivity contribution is 0.00938. The summed E-state index contributed by atoms with van der Waals surface area (Å²) < 4.78 is 25.0. The number of hydrogen-bond acceptors (Lipinski definition) is 0. The van der Waals surface area contributed by atoms with E-state index in [4.69, 9.17) is 0 Å². The lowest BCUT2D eigenvalue weighted by atomic mass is 9.77. The average Bonchev–Trinajstić information content (AvgIpc) is 1.96. The molecular formula is C12H24F2. The van der Waals surface area contributed by atoms with Gasteiger partial charge in [-0.3, -0.25) is 0 Å². The molecular weight excluding hydrogens is 182 g/mol. The molecule has 0 aliphatic rings. The molecule has 0 aromatic rings.